The number of benzene rings is 4. The van der Waals surface area contributed by atoms with Crippen LogP contribution in [0.5, 0.6) is 0 Å². The molecule has 0 spiro atoms. The molecule has 0 saturated carbocycles. The van der Waals surface area contributed by atoms with E-state index in [1.165, 1.54) is 82.7 Å². The topological polar surface area (TPSA) is 263 Å². The molecule has 8 rings (SSSR count). The highest BCUT2D eigenvalue weighted by molar-refractivity contribution is 8.41. The number of hydrogen-bond acceptors (Lipinski definition) is 18. The van der Waals surface area contributed by atoms with Gasteiger partial charge < -0.3 is 25.8 Å². The lowest BCUT2D eigenvalue weighted by molar-refractivity contribution is -0.142. The van der Waals surface area contributed by atoms with Crippen LogP contribution in [0.1, 0.15) is 220 Å². The van der Waals surface area contributed by atoms with Crippen molar-refractivity contribution in [2.24, 2.45) is 23.5 Å². The molecule has 3 atom stereocenters. The Labute approximate surface area is 651 Å². The standard InChI is InChI=1S/2C16H14O2.C15H22N2O4.C14H20N2O4.C8H17NO.C2H6.7CH4.2P2S2/c2*1-11(17)18-10-16-14-8-4-2-6-12(14)13-7-3-5-9-15(13)16;1-3-12(18)11(2)5-4-9-16-13(19)8-10-17-14(20)6-7-15(17)21;1-10(11(2)17)4-3-8-15-12(18)7-9-16-13(19)5-6-14(16)20;1-3-8(10)7(2)5-4-6-9;1-2;;;;;;;;2*3-1-2-4/h2*2-9,16H,10H2,1H3;6-7,11H,3-5,8-10H2,1-2H3,(H,16,19);5-6,10H,3-4,7-9H2,1-2H3,(H,15,18);7H,3-6,9H2,1-2H3;1-2H3;7*1H4;;. The number of ketones is 3. The highest BCUT2D eigenvalue weighted by atomic mass is 32.7. The molecule has 2 heterocycles. The van der Waals surface area contributed by atoms with Gasteiger partial charge in [0.25, 0.3) is 23.6 Å². The number of nitrogens with one attached hydrogen (secondary N) is 2. The van der Waals surface area contributed by atoms with Crippen LogP contribution in [0.3, 0.4) is 0 Å². The van der Waals surface area contributed by atoms with Gasteiger partial charge in [0.2, 0.25) is 11.8 Å². The van der Waals surface area contributed by atoms with Gasteiger partial charge in [0.05, 0.1) is 0 Å². The Hall–Kier alpha value is -6.43. The summed E-state index contributed by atoms with van der Waals surface area (Å²) in [6.07, 6.45) is 11.1. The van der Waals surface area contributed by atoms with Crippen LogP contribution in [0.2, 0.25) is 0 Å². The fraction of sp³-hybridized carbons (Fsp3) is 0.500. The molecular weight excluding hydrogens is 1470 g/mol. The van der Waals surface area contributed by atoms with Crippen LogP contribution in [0.4, 0.5) is 0 Å². The van der Waals surface area contributed by atoms with Crippen molar-refractivity contribution >= 4 is 140 Å². The first-order valence-electron chi connectivity index (χ1n) is 32.3. The lowest BCUT2D eigenvalue weighted by atomic mass is 9.98. The molecule has 4 aliphatic rings. The number of ether oxygens (including phenoxy) is 2. The maximum Gasteiger partial charge on any atom is 0.302 e. The molecule has 26 heteroatoms. The number of Topliss-reactive ketones (excluding diaryl/α,β-unsaturated/α-hetero) is 3. The molecule has 6 amide bonds. The first-order chi connectivity index (χ1) is 46.5. The van der Waals surface area contributed by atoms with E-state index < -0.39 is 0 Å². The number of amides is 6. The van der Waals surface area contributed by atoms with Gasteiger partial charge in [0.1, 0.15) is 30.6 Å². The minimum absolute atomic E-state index is 0. The van der Waals surface area contributed by atoms with Crippen LogP contribution >= 0.6 is 28.2 Å². The normalized spacial score (nSPS) is 12.6. The second kappa shape index (κ2) is 64.9. The number of fused-ring (bicyclic) bond motifs is 6. The van der Waals surface area contributed by atoms with Gasteiger partial charge in [0.15, 0.2) is 0 Å². The number of carbonyl (C=O) groups excluding carboxylic acids is 11. The van der Waals surface area contributed by atoms with E-state index in [0.717, 1.165) is 76.5 Å². The predicted octanol–water partition coefficient (Wildman–Crippen LogP) is 18.2. The summed E-state index contributed by atoms with van der Waals surface area (Å²) in [5.74, 6) is -1.02. The molecule has 0 bridgehead atoms. The number of carbonyl (C=O) groups is 11. The van der Waals surface area contributed by atoms with Crippen LogP contribution in [0, 0.1) is 17.8 Å². The van der Waals surface area contributed by atoms with Crippen LogP contribution in [0.15, 0.2) is 121 Å². The van der Waals surface area contributed by atoms with Gasteiger partial charge in [-0.05, 0) is 144 Å². The average molecular weight is 1590 g/mol. The molecule has 0 aromatic heterocycles. The van der Waals surface area contributed by atoms with Crippen molar-refractivity contribution in [2.75, 3.05) is 45.9 Å². The molecule has 4 aromatic carbocycles. The summed E-state index contributed by atoms with van der Waals surface area (Å²) in [5.41, 5.74) is 15.3. The van der Waals surface area contributed by atoms with E-state index in [0.29, 0.717) is 51.5 Å². The van der Waals surface area contributed by atoms with E-state index in [1.807, 2.05) is 97.0 Å². The van der Waals surface area contributed by atoms with Crippen molar-refractivity contribution in [3.63, 3.8) is 0 Å². The fourth-order valence-corrected chi connectivity index (χ4v) is 10.1. The van der Waals surface area contributed by atoms with Gasteiger partial charge >= 0.3 is 11.9 Å². The Morgan fingerprint density at radius 3 is 0.952 bits per heavy atom. The van der Waals surface area contributed by atoms with Gasteiger partial charge in [0, 0.05) is 148 Å². The van der Waals surface area contributed by atoms with Crippen molar-refractivity contribution in [1.29, 1.82) is 0 Å². The van der Waals surface area contributed by atoms with Gasteiger partial charge in [-0.15, -0.1) is 0 Å². The summed E-state index contributed by atoms with van der Waals surface area (Å²) in [7, 11) is 3.48. The number of nitrogens with two attached hydrogens (primary N) is 1. The van der Waals surface area contributed by atoms with Crippen molar-refractivity contribution in [3.05, 3.63) is 144 Å². The lowest BCUT2D eigenvalue weighted by Gasteiger charge is -2.13. The summed E-state index contributed by atoms with van der Waals surface area (Å²) in [4.78, 5) is 126. The number of esters is 2. The molecular formula is C78H121N5O13P4S4. The monoisotopic (exact) mass is 1590 g/mol. The van der Waals surface area contributed by atoms with Crippen molar-refractivity contribution in [3.8, 4) is 22.3 Å². The first kappa shape index (κ1) is 111. The lowest BCUT2D eigenvalue weighted by Crippen LogP contribution is -2.35. The van der Waals surface area contributed by atoms with Crippen LogP contribution < -0.4 is 16.4 Å². The van der Waals surface area contributed by atoms with E-state index in [1.54, 1.807) is 6.92 Å². The predicted molar refractivity (Wildman–Crippen MR) is 449 cm³/mol. The number of hydrogen-bond donors (Lipinski definition) is 3. The summed E-state index contributed by atoms with van der Waals surface area (Å²) in [6.45, 7) is 20.7. The molecule has 0 saturated heterocycles. The minimum Gasteiger partial charge on any atom is -0.465 e. The van der Waals surface area contributed by atoms with Gasteiger partial charge in [-0.25, -0.2) is 0 Å². The smallest absolute Gasteiger partial charge is 0.302 e. The zero-order valence-electron chi connectivity index (χ0n) is 57.2. The van der Waals surface area contributed by atoms with E-state index >= 15 is 0 Å². The van der Waals surface area contributed by atoms with Gasteiger partial charge in [-0.1, -0.05) is 198 Å². The molecule has 2 aliphatic heterocycles. The second-order valence-electron chi connectivity index (χ2n) is 22.1. The maximum absolute atomic E-state index is 11.6. The van der Waals surface area contributed by atoms with Crippen molar-refractivity contribution < 1.29 is 62.2 Å². The summed E-state index contributed by atoms with van der Waals surface area (Å²) >= 11 is 17.6. The van der Waals surface area contributed by atoms with Crippen LogP contribution in [0.25, 0.3) is 22.3 Å². The Morgan fingerprint density at radius 1 is 0.452 bits per heavy atom. The average Bonchev–Trinajstić information content (AvgIpc) is 1.63. The SMILES string of the molecule is C.C.C.C.C.C.C.CC.CC(=O)C(C)CCCNC(=O)CCN1C(=O)C=CC1=O.CC(=O)OCC1c2ccccc2-c2ccccc21.CC(=O)OCC1c2ccccc2-c2ccccc21.CCC(=O)C(C)CCCN.CCC(=O)C(C)CCCNC(=O)CCN1C(=O)C=CC1=O.S=PP=S.S=PP=S. The molecule has 580 valence electrons. The Morgan fingerprint density at radius 2 is 0.712 bits per heavy atom. The highest BCUT2D eigenvalue weighted by Gasteiger charge is 2.31. The van der Waals surface area contributed by atoms with Crippen LogP contribution in [-0.4, -0.2) is 120 Å². The Bertz CT molecular complexity index is 3110. The molecule has 4 aromatic rings. The zero-order chi connectivity index (χ0) is 72.8. The Balaban J connectivity index is -0.000000218. The number of imide groups is 2. The Kier molecular flexibility index (Phi) is 69.2. The third-order valence-electron chi connectivity index (χ3n) is 15.4. The van der Waals surface area contributed by atoms with E-state index in [9.17, 15) is 52.7 Å². The molecule has 104 heavy (non-hydrogen) atoms. The summed E-state index contributed by atoms with van der Waals surface area (Å²) in [6, 6.07) is 33.3. The third kappa shape index (κ3) is 41.5. The number of rotatable bonds is 28. The van der Waals surface area contributed by atoms with E-state index in [4.69, 9.17) is 15.2 Å². The molecule has 3 unspecified atom stereocenters. The van der Waals surface area contributed by atoms with E-state index in [-0.39, 0.29) is 166 Å². The third-order valence-corrected chi connectivity index (χ3v) is 20.8. The quantitative estimate of drug-likeness (QED) is 0.0206. The largest absolute Gasteiger partial charge is 0.465 e. The molecule has 4 N–H and O–H groups in total. The van der Waals surface area contributed by atoms with Crippen LogP contribution in [-0.2, 0) is 109 Å². The second-order valence-corrected chi connectivity index (χ2v) is 30.6. The molecule has 0 radical (unpaired) electrons. The molecule has 2 aliphatic carbocycles. The fourth-order valence-electron chi connectivity index (χ4n) is 10.1. The number of nitrogens with zero attached hydrogens (tertiary/aromatic N) is 2. The zero-order valence-corrected chi connectivity index (χ0v) is 64.0. The highest BCUT2D eigenvalue weighted by Crippen LogP contribution is 2.45. The minimum atomic E-state index is -0.377. The van der Waals surface area contributed by atoms with E-state index in [2.05, 4.69) is 106 Å². The van der Waals surface area contributed by atoms with Gasteiger partial charge in [-0.2, -0.15) is 0 Å². The van der Waals surface area contributed by atoms with Crippen molar-refractivity contribution in [1.82, 2.24) is 20.4 Å². The maximum atomic E-state index is 11.6. The molecule has 0 fully saturated rings. The molecule has 18 nitrogen and oxygen atoms in total. The first-order valence-corrected chi connectivity index (χ1v) is 41.3. The van der Waals surface area contributed by atoms with Crippen molar-refractivity contribution in [2.45, 2.75) is 197 Å². The summed E-state index contributed by atoms with van der Waals surface area (Å²) in [5, 5.41) is 5.44. The van der Waals surface area contributed by atoms with Gasteiger partial charge in [-0.3, -0.25) is 62.5 Å². The summed E-state index contributed by atoms with van der Waals surface area (Å²) < 4.78 is 10.4.